The lowest BCUT2D eigenvalue weighted by Crippen LogP contribution is -2.06. The van der Waals surface area contributed by atoms with Crippen molar-refractivity contribution in [3.05, 3.63) is 29.5 Å². The number of aromatic nitrogens is 1. The molecule has 96 valence electrons. The minimum Gasteiger partial charge on any atom is -0.497 e. The van der Waals surface area contributed by atoms with E-state index in [1.165, 1.54) is 48.7 Å². The van der Waals surface area contributed by atoms with E-state index in [1.54, 1.807) is 12.7 Å². The number of hydrogen-bond acceptors (Lipinski definition) is 1. The first-order valence-corrected chi connectivity index (χ1v) is 6.95. The van der Waals surface area contributed by atoms with E-state index in [0.29, 0.717) is 0 Å². The quantitative estimate of drug-likeness (QED) is 0.802. The molecular weight excluding hydrogens is 222 g/mol. The van der Waals surface area contributed by atoms with Gasteiger partial charge in [0.15, 0.2) is 0 Å². The van der Waals surface area contributed by atoms with E-state index >= 15 is 0 Å². The summed E-state index contributed by atoms with van der Waals surface area (Å²) in [6, 6.07) is 6.39. The van der Waals surface area contributed by atoms with Gasteiger partial charge < -0.3 is 9.72 Å². The van der Waals surface area contributed by atoms with Crippen LogP contribution in [0.1, 0.15) is 37.4 Å². The molecule has 1 aliphatic rings. The van der Waals surface area contributed by atoms with Crippen LogP contribution in [-0.4, -0.2) is 12.1 Å². The zero-order valence-electron chi connectivity index (χ0n) is 11.3. The molecule has 0 saturated carbocycles. The van der Waals surface area contributed by atoms with Gasteiger partial charge in [-0.05, 0) is 42.9 Å². The lowest BCUT2D eigenvalue weighted by atomic mass is 9.90. The molecule has 3 rings (SSSR count). The van der Waals surface area contributed by atoms with Gasteiger partial charge in [-0.3, -0.25) is 0 Å². The van der Waals surface area contributed by atoms with E-state index in [-0.39, 0.29) is 0 Å². The smallest absolute Gasteiger partial charge is 0.120 e. The summed E-state index contributed by atoms with van der Waals surface area (Å²) in [6.45, 7) is 2.37. The maximum atomic E-state index is 5.30. The standard InChI is InChI=1S/C16H21NO/c1-11-5-3-4-6-15-14(9-11)13-8-7-12(18-2)10-16(13)17-15/h7-8,10-11,17H,3-6,9H2,1-2H3. The average Bonchev–Trinajstić information content (AvgIpc) is 2.69. The summed E-state index contributed by atoms with van der Waals surface area (Å²) < 4.78 is 5.30. The summed E-state index contributed by atoms with van der Waals surface area (Å²) >= 11 is 0. The Bertz CT molecular complexity index is 555. The van der Waals surface area contributed by atoms with Gasteiger partial charge in [-0.15, -0.1) is 0 Å². The van der Waals surface area contributed by atoms with Crippen LogP contribution in [-0.2, 0) is 12.8 Å². The monoisotopic (exact) mass is 243 g/mol. The SMILES string of the molecule is COc1ccc2c3c([nH]c2c1)CCCCC(C)C3. The first-order valence-electron chi connectivity index (χ1n) is 6.95. The summed E-state index contributed by atoms with van der Waals surface area (Å²) in [5, 5.41) is 1.39. The number of ether oxygens (including phenoxy) is 1. The maximum Gasteiger partial charge on any atom is 0.120 e. The summed E-state index contributed by atoms with van der Waals surface area (Å²) in [6.07, 6.45) is 6.43. The number of fused-ring (bicyclic) bond motifs is 3. The summed E-state index contributed by atoms with van der Waals surface area (Å²) in [7, 11) is 1.72. The zero-order valence-corrected chi connectivity index (χ0v) is 11.3. The van der Waals surface area contributed by atoms with Crippen molar-refractivity contribution < 1.29 is 4.74 Å². The number of nitrogens with one attached hydrogen (secondary N) is 1. The second kappa shape index (κ2) is 4.68. The van der Waals surface area contributed by atoms with Crippen molar-refractivity contribution >= 4 is 10.9 Å². The van der Waals surface area contributed by atoms with Crippen molar-refractivity contribution in [3.8, 4) is 5.75 Å². The molecule has 1 aliphatic carbocycles. The average molecular weight is 243 g/mol. The minimum absolute atomic E-state index is 0.796. The Labute approximate surface area is 108 Å². The molecule has 1 aromatic heterocycles. The second-order valence-electron chi connectivity index (χ2n) is 5.55. The fourth-order valence-electron chi connectivity index (χ4n) is 3.11. The molecule has 1 aromatic carbocycles. The fraction of sp³-hybridized carbons (Fsp3) is 0.500. The van der Waals surface area contributed by atoms with E-state index in [2.05, 4.69) is 30.1 Å². The number of H-pyrrole nitrogens is 1. The Morgan fingerprint density at radius 3 is 3.00 bits per heavy atom. The number of aryl methyl sites for hydroxylation is 1. The van der Waals surface area contributed by atoms with Crippen molar-refractivity contribution in [1.82, 2.24) is 4.98 Å². The summed E-state index contributed by atoms with van der Waals surface area (Å²) in [4.78, 5) is 3.60. The molecule has 2 aromatic rings. The van der Waals surface area contributed by atoms with Crippen molar-refractivity contribution in [2.45, 2.75) is 39.0 Å². The molecule has 1 atom stereocenters. The topological polar surface area (TPSA) is 25.0 Å². The Morgan fingerprint density at radius 2 is 2.17 bits per heavy atom. The van der Waals surface area contributed by atoms with Gasteiger partial charge in [-0.1, -0.05) is 19.8 Å². The van der Waals surface area contributed by atoms with Crippen molar-refractivity contribution in [2.75, 3.05) is 7.11 Å². The Kier molecular flexibility index (Phi) is 3.02. The van der Waals surface area contributed by atoms with Gasteiger partial charge in [0.2, 0.25) is 0 Å². The highest BCUT2D eigenvalue weighted by molar-refractivity contribution is 5.86. The van der Waals surface area contributed by atoms with Crippen LogP contribution in [0.25, 0.3) is 10.9 Å². The number of methoxy groups -OCH3 is 1. The first kappa shape index (κ1) is 11.6. The minimum atomic E-state index is 0.796. The number of rotatable bonds is 1. The highest BCUT2D eigenvalue weighted by Gasteiger charge is 2.17. The van der Waals surface area contributed by atoms with Gasteiger partial charge in [0, 0.05) is 22.7 Å². The van der Waals surface area contributed by atoms with Crippen LogP contribution >= 0.6 is 0 Å². The predicted octanol–water partition coefficient (Wildman–Crippen LogP) is 4.08. The Morgan fingerprint density at radius 1 is 1.28 bits per heavy atom. The summed E-state index contributed by atoms with van der Waals surface area (Å²) in [5.41, 5.74) is 4.22. The van der Waals surface area contributed by atoms with Crippen LogP contribution in [0.2, 0.25) is 0 Å². The van der Waals surface area contributed by atoms with Gasteiger partial charge in [-0.2, -0.15) is 0 Å². The molecule has 1 N–H and O–H groups in total. The van der Waals surface area contributed by atoms with Crippen molar-refractivity contribution in [1.29, 1.82) is 0 Å². The maximum absolute atomic E-state index is 5.30. The largest absolute Gasteiger partial charge is 0.497 e. The molecular formula is C16H21NO. The lowest BCUT2D eigenvalue weighted by Gasteiger charge is -2.16. The van der Waals surface area contributed by atoms with Gasteiger partial charge in [0.1, 0.15) is 5.75 Å². The molecule has 0 amide bonds. The number of benzene rings is 1. The molecule has 0 aliphatic heterocycles. The van der Waals surface area contributed by atoms with E-state index in [1.807, 2.05) is 0 Å². The molecule has 0 fully saturated rings. The van der Waals surface area contributed by atoms with Gasteiger partial charge >= 0.3 is 0 Å². The lowest BCUT2D eigenvalue weighted by molar-refractivity contribution is 0.415. The molecule has 2 heteroatoms. The third-order valence-corrected chi connectivity index (χ3v) is 4.13. The Hall–Kier alpha value is -1.44. The third kappa shape index (κ3) is 2.00. The van der Waals surface area contributed by atoms with Crippen molar-refractivity contribution in [2.24, 2.45) is 5.92 Å². The second-order valence-corrected chi connectivity index (χ2v) is 5.55. The molecule has 1 heterocycles. The zero-order chi connectivity index (χ0) is 12.5. The highest BCUT2D eigenvalue weighted by Crippen LogP contribution is 2.31. The molecule has 0 saturated heterocycles. The predicted molar refractivity (Wildman–Crippen MR) is 75.3 cm³/mol. The van der Waals surface area contributed by atoms with E-state index in [9.17, 15) is 0 Å². The van der Waals surface area contributed by atoms with E-state index in [4.69, 9.17) is 4.74 Å². The Balaban J connectivity index is 2.11. The molecule has 0 bridgehead atoms. The van der Waals surface area contributed by atoms with Crippen molar-refractivity contribution in [3.63, 3.8) is 0 Å². The van der Waals surface area contributed by atoms with Crippen LogP contribution in [0.5, 0.6) is 5.75 Å². The molecule has 0 spiro atoms. The van der Waals surface area contributed by atoms with Crippen LogP contribution < -0.4 is 4.74 Å². The summed E-state index contributed by atoms with van der Waals surface area (Å²) in [5.74, 6) is 1.73. The van der Waals surface area contributed by atoms with Crippen LogP contribution in [0.4, 0.5) is 0 Å². The molecule has 18 heavy (non-hydrogen) atoms. The third-order valence-electron chi connectivity index (χ3n) is 4.13. The van der Waals surface area contributed by atoms with Crippen LogP contribution in [0, 0.1) is 5.92 Å². The van der Waals surface area contributed by atoms with Gasteiger partial charge in [0.25, 0.3) is 0 Å². The molecule has 2 nitrogen and oxygen atoms in total. The van der Waals surface area contributed by atoms with Gasteiger partial charge in [0.05, 0.1) is 7.11 Å². The van der Waals surface area contributed by atoms with E-state index < -0.39 is 0 Å². The van der Waals surface area contributed by atoms with E-state index in [0.717, 1.165) is 11.7 Å². The van der Waals surface area contributed by atoms with Crippen LogP contribution in [0.15, 0.2) is 18.2 Å². The van der Waals surface area contributed by atoms with Gasteiger partial charge in [-0.25, -0.2) is 0 Å². The first-order chi connectivity index (χ1) is 8.78. The molecule has 1 unspecified atom stereocenters. The highest BCUT2D eigenvalue weighted by atomic mass is 16.5. The number of aromatic amines is 1. The number of hydrogen-bond donors (Lipinski definition) is 1. The normalized spacial score (nSPS) is 20.2. The fourth-order valence-corrected chi connectivity index (χ4v) is 3.11. The van der Waals surface area contributed by atoms with Crippen LogP contribution in [0.3, 0.4) is 0 Å². The molecule has 0 radical (unpaired) electrons.